The molecule has 0 saturated heterocycles. The molecule has 0 atom stereocenters. The van der Waals surface area contributed by atoms with Crippen LogP contribution in [-0.2, 0) is 25.7 Å². The molecular formula is C20H24F3IN6S. The van der Waals surface area contributed by atoms with Gasteiger partial charge in [-0.1, -0.05) is 30.3 Å². The Balaban J connectivity index is 0.00000341. The van der Waals surface area contributed by atoms with Gasteiger partial charge in [-0.3, -0.25) is 0 Å². The van der Waals surface area contributed by atoms with Gasteiger partial charge in [-0.2, -0.15) is 13.2 Å². The van der Waals surface area contributed by atoms with Crippen molar-refractivity contribution in [3.05, 3.63) is 70.2 Å². The molecule has 0 fully saturated rings. The predicted octanol–water partition coefficient (Wildman–Crippen LogP) is 4.32. The van der Waals surface area contributed by atoms with Crippen LogP contribution in [0, 0.1) is 0 Å². The maximum Gasteiger partial charge on any atom is 0.434 e. The quantitative estimate of drug-likeness (QED) is 0.243. The first-order chi connectivity index (χ1) is 14.5. The van der Waals surface area contributed by atoms with Crippen LogP contribution < -0.4 is 10.6 Å². The standard InChI is InChI=1S/C20H23F3N6S.HI/c1-2-24-19(27-12-18-28-16(14-30-18)20(21,22)23)26-9-8-17-25-10-11-29(17)13-15-6-4-3-5-7-15;/h3-7,10-11,14H,2,8-9,12-13H2,1H3,(H2,24,26,27);1H. The SMILES string of the molecule is CCNC(=NCc1nc(C(F)(F)F)cs1)NCCc1nccn1Cc1ccccc1.I. The molecule has 0 aliphatic rings. The van der Waals surface area contributed by atoms with Gasteiger partial charge in [0.25, 0.3) is 0 Å². The fourth-order valence-electron chi connectivity index (χ4n) is 2.79. The lowest BCUT2D eigenvalue weighted by Gasteiger charge is -2.12. The van der Waals surface area contributed by atoms with Crippen LogP contribution >= 0.6 is 35.3 Å². The molecule has 0 aliphatic heterocycles. The number of nitrogens with one attached hydrogen (secondary N) is 2. The summed E-state index contributed by atoms with van der Waals surface area (Å²) < 4.78 is 40.1. The number of halogens is 4. The number of aromatic nitrogens is 3. The Morgan fingerprint density at radius 1 is 1.19 bits per heavy atom. The summed E-state index contributed by atoms with van der Waals surface area (Å²) in [6.07, 6.45) is -0.0246. The summed E-state index contributed by atoms with van der Waals surface area (Å²) in [4.78, 5) is 12.4. The topological polar surface area (TPSA) is 67.1 Å². The van der Waals surface area contributed by atoms with Crippen molar-refractivity contribution >= 4 is 41.3 Å². The Bertz CT molecular complexity index is 955. The van der Waals surface area contributed by atoms with Gasteiger partial charge in [-0.15, -0.1) is 35.3 Å². The highest BCUT2D eigenvalue weighted by atomic mass is 127. The van der Waals surface area contributed by atoms with Gasteiger partial charge in [-0.25, -0.2) is 15.0 Å². The Morgan fingerprint density at radius 2 is 1.97 bits per heavy atom. The van der Waals surface area contributed by atoms with Crippen molar-refractivity contribution in [3.63, 3.8) is 0 Å². The molecule has 0 radical (unpaired) electrons. The van der Waals surface area contributed by atoms with Gasteiger partial charge < -0.3 is 15.2 Å². The summed E-state index contributed by atoms with van der Waals surface area (Å²) >= 11 is 0.954. The van der Waals surface area contributed by atoms with E-state index in [0.717, 1.165) is 29.1 Å². The van der Waals surface area contributed by atoms with Gasteiger partial charge in [0.15, 0.2) is 11.7 Å². The zero-order valence-corrected chi connectivity index (χ0v) is 20.0. The maximum absolute atomic E-state index is 12.7. The Kier molecular flexibility index (Phi) is 9.75. The van der Waals surface area contributed by atoms with Gasteiger partial charge in [0.1, 0.15) is 10.8 Å². The van der Waals surface area contributed by atoms with Crippen molar-refractivity contribution in [1.82, 2.24) is 25.2 Å². The number of hydrogen-bond donors (Lipinski definition) is 2. The molecule has 168 valence electrons. The van der Waals surface area contributed by atoms with Gasteiger partial charge in [-0.05, 0) is 12.5 Å². The van der Waals surface area contributed by atoms with Crippen molar-refractivity contribution in [1.29, 1.82) is 0 Å². The second kappa shape index (κ2) is 12.0. The van der Waals surface area contributed by atoms with Gasteiger partial charge in [0.2, 0.25) is 0 Å². The second-order valence-corrected chi connectivity index (χ2v) is 7.40. The lowest BCUT2D eigenvalue weighted by molar-refractivity contribution is -0.140. The third-order valence-electron chi connectivity index (χ3n) is 4.20. The second-order valence-electron chi connectivity index (χ2n) is 6.45. The van der Waals surface area contributed by atoms with E-state index in [1.54, 1.807) is 6.20 Å². The minimum Gasteiger partial charge on any atom is -0.357 e. The van der Waals surface area contributed by atoms with Gasteiger partial charge in [0, 0.05) is 43.8 Å². The number of benzene rings is 1. The van der Waals surface area contributed by atoms with E-state index in [4.69, 9.17) is 0 Å². The molecule has 31 heavy (non-hydrogen) atoms. The van der Waals surface area contributed by atoms with Crippen molar-refractivity contribution in [3.8, 4) is 0 Å². The number of aliphatic imine (C=N–C) groups is 1. The molecule has 11 heteroatoms. The van der Waals surface area contributed by atoms with Crippen molar-refractivity contribution in [2.75, 3.05) is 13.1 Å². The number of imidazole rings is 1. The van der Waals surface area contributed by atoms with E-state index in [0.29, 0.717) is 30.5 Å². The number of nitrogens with zero attached hydrogens (tertiary/aromatic N) is 4. The number of rotatable bonds is 8. The predicted molar refractivity (Wildman–Crippen MR) is 127 cm³/mol. The lowest BCUT2D eigenvalue weighted by Crippen LogP contribution is -2.38. The first kappa shape index (κ1) is 25.1. The molecule has 0 amide bonds. The molecule has 3 aromatic rings. The van der Waals surface area contributed by atoms with E-state index in [1.165, 1.54) is 5.56 Å². The Hall–Kier alpha value is -2.15. The average molecular weight is 564 g/mol. The largest absolute Gasteiger partial charge is 0.434 e. The Morgan fingerprint density at radius 3 is 2.65 bits per heavy atom. The molecule has 6 nitrogen and oxygen atoms in total. The smallest absolute Gasteiger partial charge is 0.357 e. The highest BCUT2D eigenvalue weighted by molar-refractivity contribution is 14.0. The zero-order chi connectivity index (χ0) is 21.4. The van der Waals surface area contributed by atoms with Crippen LogP contribution in [-0.4, -0.2) is 33.6 Å². The van der Waals surface area contributed by atoms with Crippen LogP contribution in [0.5, 0.6) is 0 Å². The van der Waals surface area contributed by atoms with E-state index < -0.39 is 11.9 Å². The Labute approximate surface area is 200 Å². The summed E-state index contributed by atoms with van der Waals surface area (Å²) in [5, 5.41) is 7.62. The molecule has 2 heterocycles. The molecular weight excluding hydrogens is 540 g/mol. The summed E-state index contributed by atoms with van der Waals surface area (Å²) in [7, 11) is 0. The summed E-state index contributed by atoms with van der Waals surface area (Å²) in [5.74, 6) is 1.47. The average Bonchev–Trinajstić information content (AvgIpc) is 3.36. The monoisotopic (exact) mass is 564 g/mol. The highest BCUT2D eigenvalue weighted by Crippen LogP contribution is 2.30. The van der Waals surface area contributed by atoms with Crippen molar-refractivity contribution in [2.45, 2.75) is 32.6 Å². The molecule has 1 aromatic carbocycles. The van der Waals surface area contributed by atoms with Gasteiger partial charge in [0.05, 0.1) is 6.54 Å². The van der Waals surface area contributed by atoms with Crippen LogP contribution in [0.4, 0.5) is 13.2 Å². The minimum absolute atomic E-state index is 0. The molecule has 0 unspecified atom stereocenters. The fourth-order valence-corrected chi connectivity index (χ4v) is 3.51. The third kappa shape index (κ3) is 7.80. The summed E-state index contributed by atoms with van der Waals surface area (Å²) in [6, 6.07) is 10.1. The van der Waals surface area contributed by atoms with E-state index in [1.807, 2.05) is 31.3 Å². The van der Waals surface area contributed by atoms with Gasteiger partial charge >= 0.3 is 6.18 Å². The van der Waals surface area contributed by atoms with Crippen LogP contribution in [0.1, 0.15) is 29.0 Å². The maximum atomic E-state index is 12.7. The van der Waals surface area contributed by atoms with Crippen LogP contribution in [0.3, 0.4) is 0 Å². The van der Waals surface area contributed by atoms with Crippen molar-refractivity contribution < 1.29 is 13.2 Å². The lowest BCUT2D eigenvalue weighted by atomic mass is 10.2. The van der Waals surface area contributed by atoms with E-state index in [9.17, 15) is 13.2 Å². The molecule has 0 aliphatic carbocycles. The van der Waals surface area contributed by atoms with Crippen LogP contribution in [0.15, 0.2) is 53.1 Å². The highest BCUT2D eigenvalue weighted by Gasteiger charge is 2.33. The fraction of sp³-hybridized carbons (Fsp3) is 0.350. The minimum atomic E-state index is -4.43. The number of guanidine groups is 1. The first-order valence-electron chi connectivity index (χ1n) is 9.53. The summed E-state index contributed by atoms with van der Waals surface area (Å²) in [5.41, 5.74) is 0.321. The summed E-state index contributed by atoms with van der Waals surface area (Å²) in [6.45, 7) is 3.98. The number of alkyl halides is 3. The van der Waals surface area contributed by atoms with Crippen LogP contribution in [0.2, 0.25) is 0 Å². The molecule has 0 spiro atoms. The van der Waals surface area contributed by atoms with Crippen LogP contribution in [0.25, 0.3) is 0 Å². The molecule has 2 aromatic heterocycles. The molecule has 0 bridgehead atoms. The molecule has 0 saturated carbocycles. The van der Waals surface area contributed by atoms with E-state index in [-0.39, 0.29) is 30.5 Å². The van der Waals surface area contributed by atoms with E-state index >= 15 is 0 Å². The molecule has 2 N–H and O–H groups in total. The first-order valence-corrected chi connectivity index (χ1v) is 10.4. The van der Waals surface area contributed by atoms with E-state index in [2.05, 4.69) is 42.3 Å². The number of hydrogen-bond acceptors (Lipinski definition) is 4. The number of thiazole rings is 1. The van der Waals surface area contributed by atoms with Crippen molar-refractivity contribution in [2.24, 2.45) is 4.99 Å². The molecule has 3 rings (SSSR count). The normalized spacial score (nSPS) is 11.8. The third-order valence-corrected chi connectivity index (χ3v) is 5.03. The zero-order valence-electron chi connectivity index (χ0n) is 16.9.